The van der Waals surface area contributed by atoms with Gasteiger partial charge >= 0.3 is 6.03 Å². The second kappa shape index (κ2) is 3.81. The molecule has 4 nitrogen and oxygen atoms in total. The lowest BCUT2D eigenvalue weighted by molar-refractivity contribution is -0.121. The molecule has 16 heavy (non-hydrogen) atoms. The molecule has 1 aliphatic heterocycles. The van der Waals surface area contributed by atoms with E-state index in [1.54, 1.807) is 13.0 Å². The van der Waals surface area contributed by atoms with E-state index >= 15 is 0 Å². The number of amides is 3. The fourth-order valence-corrected chi connectivity index (χ4v) is 1.50. The summed E-state index contributed by atoms with van der Waals surface area (Å²) in [6.07, 6.45) is 3.49. The van der Waals surface area contributed by atoms with Gasteiger partial charge in [-0.05, 0) is 18.6 Å². The summed E-state index contributed by atoms with van der Waals surface area (Å²) in [7, 11) is 0. The molecule has 2 rings (SSSR count). The molecule has 0 unspecified atom stereocenters. The van der Waals surface area contributed by atoms with Gasteiger partial charge in [-0.15, -0.1) is 0 Å². The Balaban J connectivity index is 2.18. The van der Waals surface area contributed by atoms with E-state index in [4.69, 9.17) is 0 Å². The summed E-state index contributed by atoms with van der Waals surface area (Å²) in [5.41, 5.74) is 0.0325. The number of hydrogen-bond donors (Lipinski definition) is 2. The largest absolute Gasteiger partial charge is 0.322 e. The van der Waals surface area contributed by atoms with Crippen molar-refractivity contribution in [2.75, 3.05) is 0 Å². The molecule has 1 aromatic rings. The summed E-state index contributed by atoms with van der Waals surface area (Å²) < 4.78 is 0. The maximum Gasteiger partial charge on any atom is 0.322 e. The lowest BCUT2D eigenvalue weighted by Crippen LogP contribution is -2.41. The predicted molar refractivity (Wildman–Crippen MR) is 60.6 cm³/mol. The second-order valence-corrected chi connectivity index (χ2v) is 3.85. The first-order valence-electron chi connectivity index (χ1n) is 4.98. The molecule has 0 aliphatic carbocycles. The lowest BCUT2D eigenvalue weighted by Gasteiger charge is -2.14. The summed E-state index contributed by atoms with van der Waals surface area (Å²) in [6.45, 7) is 1.66. The SMILES string of the molecule is C[C@@]1(/C=C/c2ccccc2)NC(=O)NC1=O. The van der Waals surface area contributed by atoms with Gasteiger partial charge in [0, 0.05) is 0 Å². The van der Waals surface area contributed by atoms with Crippen molar-refractivity contribution in [1.29, 1.82) is 0 Å². The maximum atomic E-state index is 11.5. The third-order valence-electron chi connectivity index (χ3n) is 2.48. The van der Waals surface area contributed by atoms with E-state index in [0.717, 1.165) is 5.56 Å². The Bertz CT molecular complexity index is 453. The Morgan fingerprint density at radius 3 is 2.44 bits per heavy atom. The Labute approximate surface area is 93.3 Å². The highest BCUT2D eigenvalue weighted by Crippen LogP contribution is 2.13. The molecule has 0 saturated carbocycles. The molecule has 0 bridgehead atoms. The van der Waals surface area contributed by atoms with Crippen LogP contribution in [0.3, 0.4) is 0 Å². The molecule has 2 N–H and O–H groups in total. The molecule has 0 radical (unpaired) electrons. The van der Waals surface area contributed by atoms with Crippen molar-refractivity contribution >= 4 is 18.0 Å². The van der Waals surface area contributed by atoms with Crippen LogP contribution in [0.2, 0.25) is 0 Å². The Morgan fingerprint density at radius 2 is 1.88 bits per heavy atom. The Hall–Kier alpha value is -2.10. The summed E-state index contributed by atoms with van der Waals surface area (Å²) in [5, 5.41) is 4.77. The van der Waals surface area contributed by atoms with Gasteiger partial charge < -0.3 is 5.32 Å². The number of rotatable bonds is 2. The molecule has 0 spiro atoms. The van der Waals surface area contributed by atoms with Crippen LogP contribution in [0.25, 0.3) is 6.08 Å². The first kappa shape index (κ1) is 10.4. The standard InChI is InChI=1S/C12H12N2O2/c1-12(10(15)13-11(16)14-12)8-7-9-5-3-2-4-6-9/h2-8H,1H3,(H2,13,14,15,16)/b8-7+/t12-/m0/s1. The molecule has 0 aromatic heterocycles. The third-order valence-corrected chi connectivity index (χ3v) is 2.48. The highest BCUT2D eigenvalue weighted by molar-refractivity contribution is 6.08. The van der Waals surface area contributed by atoms with Crippen LogP contribution in [0.1, 0.15) is 12.5 Å². The quantitative estimate of drug-likeness (QED) is 0.732. The van der Waals surface area contributed by atoms with Gasteiger partial charge in [-0.2, -0.15) is 0 Å². The number of benzene rings is 1. The van der Waals surface area contributed by atoms with E-state index in [9.17, 15) is 9.59 Å². The van der Waals surface area contributed by atoms with Crippen molar-refractivity contribution in [3.05, 3.63) is 42.0 Å². The van der Waals surface area contributed by atoms with E-state index in [1.807, 2.05) is 36.4 Å². The van der Waals surface area contributed by atoms with Crippen LogP contribution in [0, 0.1) is 0 Å². The molecule has 3 amide bonds. The monoisotopic (exact) mass is 216 g/mol. The normalized spacial score (nSPS) is 24.6. The second-order valence-electron chi connectivity index (χ2n) is 3.85. The van der Waals surface area contributed by atoms with Crippen LogP contribution in [0.15, 0.2) is 36.4 Å². The van der Waals surface area contributed by atoms with Crippen molar-refractivity contribution < 1.29 is 9.59 Å². The molecule has 1 aromatic carbocycles. The highest BCUT2D eigenvalue weighted by Gasteiger charge is 2.39. The molecule has 1 fully saturated rings. The summed E-state index contributed by atoms with van der Waals surface area (Å²) in [4.78, 5) is 22.5. The number of urea groups is 1. The van der Waals surface area contributed by atoms with Crippen LogP contribution >= 0.6 is 0 Å². The first-order valence-corrected chi connectivity index (χ1v) is 4.98. The average molecular weight is 216 g/mol. The molecule has 1 aliphatic rings. The van der Waals surface area contributed by atoms with Crippen molar-refractivity contribution in [2.24, 2.45) is 0 Å². The molecule has 1 saturated heterocycles. The molecule has 1 atom stereocenters. The first-order chi connectivity index (χ1) is 7.60. The van der Waals surface area contributed by atoms with Gasteiger partial charge in [-0.1, -0.05) is 36.4 Å². The molecule has 1 heterocycles. The van der Waals surface area contributed by atoms with Gasteiger partial charge in [0.05, 0.1) is 0 Å². The van der Waals surface area contributed by atoms with E-state index in [-0.39, 0.29) is 5.91 Å². The molecular weight excluding hydrogens is 204 g/mol. The average Bonchev–Trinajstić information content (AvgIpc) is 2.52. The predicted octanol–water partition coefficient (Wildman–Crippen LogP) is 1.30. The minimum Gasteiger partial charge on any atom is -0.320 e. The maximum absolute atomic E-state index is 11.5. The van der Waals surface area contributed by atoms with E-state index in [0.29, 0.717) is 0 Å². The van der Waals surface area contributed by atoms with Crippen LogP contribution < -0.4 is 10.6 Å². The van der Waals surface area contributed by atoms with Gasteiger partial charge in [0.1, 0.15) is 5.54 Å². The van der Waals surface area contributed by atoms with Crippen molar-refractivity contribution in [3.63, 3.8) is 0 Å². The van der Waals surface area contributed by atoms with Gasteiger partial charge in [-0.3, -0.25) is 10.1 Å². The van der Waals surface area contributed by atoms with Crippen LogP contribution in [-0.4, -0.2) is 17.5 Å². The molecule has 82 valence electrons. The van der Waals surface area contributed by atoms with Gasteiger partial charge in [0.25, 0.3) is 5.91 Å². The number of carbonyl (C=O) groups excluding carboxylic acids is 2. The summed E-state index contributed by atoms with van der Waals surface area (Å²) in [5.74, 6) is -0.329. The van der Waals surface area contributed by atoms with Gasteiger partial charge in [0.2, 0.25) is 0 Å². The fourth-order valence-electron chi connectivity index (χ4n) is 1.50. The highest BCUT2D eigenvalue weighted by atomic mass is 16.2. The minimum atomic E-state index is -0.951. The third kappa shape index (κ3) is 1.95. The van der Waals surface area contributed by atoms with Gasteiger partial charge in [-0.25, -0.2) is 4.79 Å². The van der Waals surface area contributed by atoms with E-state index in [1.165, 1.54) is 0 Å². The zero-order chi connectivity index (χ0) is 11.6. The number of carbonyl (C=O) groups is 2. The smallest absolute Gasteiger partial charge is 0.320 e. The van der Waals surface area contributed by atoms with Crippen molar-refractivity contribution in [3.8, 4) is 0 Å². The zero-order valence-corrected chi connectivity index (χ0v) is 8.86. The van der Waals surface area contributed by atoms with Crippen molar-refractivity contribution in [1.82, 2.24) is 10.6 Å². The molecule has 4 heteroatoms. The van der Waals surface area contributed by atoms with Crippen LogP contribution in [0.5, 0.6) is 0 Å². The van der Waals surface area contributed by atoms with Crippen molar-refractivity contribution in [2.45, 2.75) is 12.5 Å². The topological polar surface area (TPSA) is 58.2 Å². The van der Waals surface area contributed by atoms with E-state index in [2.05, 4.69) is 10.6 Å². The summed E-state index contributed by atoms with van der Waals surface area (Å²) in [6, 6.07) is 9.14. The van der Waals surface area contributed by atoms with E-state index < -0.39 is 11.6 Å². The Morgan fingerprint density at radius 1 is 1.19 bits per heavy atom. The fraction of sp³-hybridized carbons (Fsp3) is 0.167. The van der Waals surface area contributed by atoms with Crippen LogP contribution in [-0.2, 0) is 4.79 Å². The number of imide groups is 1. The summed E-state index contributed by atoms with van der Waals surface area (Å²) >= 11 is 0. The number of hydrogen-bond acceptors (Lipinski definition) is 2. The van der Waals surface area contributed by atoms with Gasteiger partial charge in [0.15, 0.2) is 0 Å². The zero-order valence-electron chi connectivity index (χ0n) is 8.86. The number of nitrogens with one attached hydrogen (secondary N) is 2. The Kier molecular flexibility index (Phi) is 2.48. The lowest BCUT2D eigenvalue weighted by atomic mass is 10.0. The van der Waals surface area contributed by atoms with Crippen LogP contribution in [0.4, 0.5) is 4.79 Å². The minimum absolute atomic E-state index is 0.329. The molecular formula is C12H12N2O2.